The van der Waals surface area contributed by atoms with Crippen molar-refractivity contribution in [2.24, 2.45) is 5.92 Å². The molecule has 0 aromatic heterocycles. The molecule has 0 bridgehead atoms. The first-order chi connectivity index (χ1) is 19.8. The number of amides is 2. The number of carboxylic acids is 1. The summed E-state index contributed by atoms with van der Waals surface area (Å²) in [5, 5.41) is 12.4. The van der Waals surface area contributed by atoms with Crippen molar-refractivity contribution < 1.29 is 29.0 Å². The molecule has 0 saturated carbocycles. The first kappa shape index (κ1) is 28.4. The van der Waals surface area contributed by atoms with E-state index >= 15 is 0 Å². The molecule has 0 spiro atoms. The fourth-order valence-corrected chi connectivity index (χ4v) is 6.01. The topological polar surface area (TPSA) is 105 Å². The number of rotatable bonds is 9. The quantitative estimate of drug-likeness (QED) is 0.375. The van der Waals surface area contributed by atoms with Gasteiger partial charge in [-0.3, -0.25) is 9.59 Å². The van der Waals surface area contributed by atoms with Crippen LogP contribution in [0.25, 0.3) is 11.1 Å². The molecule has 2 amide bonds. The van der Waals surface area contributed by atoms with Crippen LogP contribution in [0.15, 0.2) is 78.9 Å². The number of hydrogen-bond donors (Lipinski definition) is 2. The zero-order valence-electron chi connectivity index (χ0n) is 23.4. The van der Waals surface area contributed by atoms with Gasteiger partial charge in [-0.2, -0.15) is 0 Å². The van der Waals surface area contributed by atoms with Crippen LogP contribution in [0, 0.1) is 5.92 Å². The van der Waals surface area contributed by atoms with Gasteiger partial charge < -0.3 is 24.8 Å². The van der Waals surface area contributed by atoms with Crippen LogP contribution in [-0.2, 0) is 25.7 Å². The molecule has 1 heterocycles. The smallest absolute Gasteiger partial charge is 0.407 e. The number of piperidine rings is 1. The van der Waals surface area contributed by atoms with Gasteiger partial charge in [-0.05, 0) is 54.5 Å². The number of carbonyl (C=O) groups is 3. The Morgan fingerprint density at radius 2 is 1.56 bits per heavy atom. The Kier molecular flexibility index (Phi) is 8.69. The van der Waals surface area contributed by atoms with E-state index in [1.165, 1.54) is 0 Å². The Morgan fingerprint density at radius 1 is 0.951 bits per heavy atom. The summed E-state index contributed by atoms with van der Waals surface area (Å²) < 4.78 is 11.8. The minimum Gasteiger partial charge on any atom is -0.481 e. The maximum atomic E-state index is 13.8. The summed E-state index contributed by atoms with van der Waals surface area (Å²) in [6, 6.07) is 24.2. The third-order valence-corrected chi connectivity index (χ3v) is 8.30. The predicted octanol–water partition coefficient (Wildman–Crippen LogP) is 5.21. The average Bonchev–Trinajstić information content (AvgIpc) is 3.31. The molecule has 5 rings (SSSR count). The molecule has 1 fully saturated rings. The predicted molar refractivity (Wildman–Crippen MR) is 154 cm³/mol. The molecule has 8 heteroatoms. The first-order valence-electron chi connectivity index (χ1n) is 14.2. The highest BCUT2D eigenvalue weighted by molar-refractivity contribution is 5.87. The zero-order valence-corrected chi connectivity index (χ0v) is 23.4. The lowest BCUT2D eigenvalue weighted by Gasteiger charge is -2.40. The van der Waals surface area contributed by atoms with Crippen LogP contribution in [0.4, 0.5) is 4.79 Å². The maximum Gasteiger partial charge on any atom is 0.407 e. The number of carbonyl (C=O) groups excluding carboxylic acids is 2. The van der Waals surface area contributed by atoms with Crippen molar-refractivity contribution in [2.45, 2.75) is 57.4 Å². The monoisotopic (exact) mass is 556 g/mol. The van der Waals surface area contributed by atoms with Crippen LogP contribution < -0.4 is 5.32 Å². The highest BCUT2D eigenvalue weighted by Gasteiger charge is 2.40. The van der Waals surface area contributed by atoms with Crippen molar-refractivity contribution in [3.8, 4) is 11.1 Å². The maximum absolute atomic E-state index is 13.8. The summed E-state index contributed by atoms with van der Waals surface area (Å²) in [5.74, 6) is -2.09. The van der Waals surface area contributed by atoms with Gasteiger partial charge in [0.15, 0.2) is 0 Å². The summed E-state index contributed by atoms with van der Waals surface area (Å²) in [6.07, 6.45) is -0.338. The Morgan fingerprint density at radius 3 is 2.20 bits per heavy atom. The lowest BCUT2D eigenvalue weighted by atomic mass is 9.89. The molecule has 2 aliphatic rings. The van der Waals surface area contributed by atoms with Crippen LogP contribution in [0.3, 0.4) is 0 Å². The number of likely N-dealkylation sites (tertiary alicyclic amines) is 1. The molecule has 0 unspecified atom stereocenters. The second kappa shape index (κ2) is 12.6. The van der Waals surface area contributed by atoms with E-state index < -0.39 is 36.2 Å². The third-order valence-electron chi connectivity index (χ3n) is 8.30. The molecule has 1 aliphatic heterocycles. The Bertz CT molecular complexity index is 1350. The summed E-state index contributed by atoms with van der Waals surface area (Å²) in [5.41, 5.74) is 5.37. The summed E-state index contributed by atoms with van der Waals surface area (Å²) >= 11 is 0. The van der Waals surface area contributed by atoms with Crippen LogP contribution in [0.2, 0.25) is 0 Å². The fraction of sp³-hybridized carbons (Fsp3) is 0.364. The van der Waals surface area contributed by atoms with E-state index in [1.807, 2.05) is 66.7 Å². The van der Waals surface area contributed by atoms with Crippen molar-refractivity contribution in [2.75, 3.05) is 13.2 Å². The van der Waals surface area contributed by atoms with Gasteiger partial charge in [0.2, 0.25) is 5.91 Å². The van der Waals surface area contributed by atoms with Crippen LogP contribution in [0.1, 0.15) is 49.3 Å². The number of ether oxygens (including phenoxy) is 2. The van der Waals surface area contributed by atoms with Gasteiger partial charge in [0, 0.05) is 18.5 Å². The molecule has 2 N–H and O–H groups in total. The second-order valence-corrected chi connectivity index (χ2v) is 10.8. The Balaban J connectivity index is 1.31. The third kappa shape index (κ3) is 6.12. The van der Waals surface area contributed by atoms with Crippen molar-refractivity contribution in [3.63, 3.8) is 0 Å². The fourth-order valence-electron chi connectivity index (χ4n) is 6.01. The van der Waals surface area contributed by atoms with E-state index in [2.05, 4.69) is 17.4 Å². The highest BCUT2D eigenvalue weighted by Crippen LogP contribution is 2.44. The number of hydrogen-bond acceptors (Lipinski definition) is 5. The van der Waals surface area contributed by atoms with E-state index in [0.29, 0.717) is 19.4 Å². The second-order valence-electron chi connectivity index (χ2n) is 10.8. The number of carboxylic acid groups (broad SMARTS) is 1. The summed E-state index contributed by atoms with van der Waals surface area (Å²) in [6.45, 7) is 4.26. The molecule has 3 aromatic rings. The molecule has 8 nitrogen and oxygen atoms in total. The lowest BCUT2D eigenvalue weighted by Crippen LogP contribution is -2.59. The van der Waals surface area contributed by atoms with Gasteiger partial charge >= 0.3 is 12.1 Å². The summed E-state index contributed by atoms with van der Waals surface area (Å²) in [4.78, 5) is 40.4. The minimum absolute atomic E-state index is 0.112. The highest BCUT2D eigenvalue weighted by atomic mass is 16.5. The van der Waals surface area contributed by atoms with Gasteiger partial charge in [-0.25, -0.2) is 4.79 Å². The lowest BCUT2D eigenvalue weighted by molar-refractivity contribution is -0.151. The number of aliphatic carboxylic acids is 1. The Labute approximate surface area is 240 Å². The molecular formula is C33H36N2O6. The average molecular weight is 557 g/mol. The largest absolute Gasteiger partial charge is 0.481 e. The molecule has 214 valence electrons. The Hall–Kier alpha value is -4.17. The molecule has 3 aromatic carbocycles. The van der Waals surface area contributed by atoms with Gasteiger partial charge in [0.1, 0.15) is 12.6 Å². The number of alkyl carbamates (subject to hydrolysis) is 1. The van der Waals surface area contributed by atoms with Gasteiger partial charge in [0.05, 0.1) is 18.6 Å². The van der Waals surface area contributed by atoms with Crippen LogP contribution in [0.5, 0.6) is 0 Å². The summed E-state index contributed by atoms with van der Waals surface area (Å²) in [7, 11) is 0. The zero-order chi connectivity index (χ0) is 28.9. The van der Waals surface area contributed by atoms with Crippen molar-refractivity contribution in [1.82, 2.24) is 10.2 Å². The van der Waals surface area contributed by atoms with E-state index in [1.54, 1.807) is 18.7 Å². The van der Waals surface area contributed by atoms with E-state index in [-0.39, 0.29) is 25.0 Å². The minimum atomic E-state index is -1.05. The first-order valence-corrected chi connectivity index (χ1v) is 14.2. The SMILES string of the molecule is C[C@H](OCc1ccccc1)[C@@H](NC(=O)OCC1c2ccccc2-c2ccccc21)C(=O)N1CCC[C@H](C(=O)O)[C@@H]1C. The van der Waals surface area contributed by atoms with Gasteiger partial charge in [-0.1, -0.05) is 78.9 Å². The van der Waals surface area contributed by atoms with Crippen molar-refractivity contribution in [3.05, 3.63) is 95.6 Å². The van der Waals surface area contributed by atoms with Gasteiger partial charge in [0.25, 0.3) is 0 Å². The van der Waals surface area contributed by atoms with E-state index in [9.17, 15) is 19.5 Å². The van der Waals surface area contributed by atoms with E-state index in [0.717, 1.165) is 27.8 Å². The van der Waals surface area contributed by atoms with Crippen LogP contribution >= 0.6 is 0 Å². The standard InChI is InChI=1S/C33H36N2O6/c1-21-24(32(37)38)17-10-18-35(21)31(36)30(22(2)40-19-23-11-4-3-5-12-23)34-33(39)41-20-29-27-15-8-6-13-25(27)26-14-7-9-16-28(26)29/h3-9,11-16,21-22,24,29-30H,10,17-20H2,1-2H3,(H,34,39)(H,37,38)/t21-,22-,24-,30+/m0/s1. The molecule has 41 heavy (non-hydrogen) atoms. The number of benzene rings is 3. The number of nitrogens with one attached hydrogen (secondary N) is 1. The normalized spacial score (nSPS) is 19.5. The van der Waals surface area contributed by atoms with Crippen molar-refractivity contribution >= 4 is 18.0 Å². The van der Waals surface area contributed by atoms with Crippen molar-refractivity contribution in [1.29, 1.82) is 0 Å². The van der Waals surface area contributed by atoms with Crippen LogP contribution in [-0.4, -0.2) is 59.3 Å². The molecule has 1 aliphatic carbocycles. The number of nitrogens with zero attached hydrogens (tertiary/aromatic N) is 1. The molecular weight excluding hydrogens is 520 g/mol. The molecule has 0 radical (unpaired) electrons. The van der Waals surface area contributed by atoms with E-state index in [4.69, 9.17) is 9.47 Å². The number of fused-ring (bicyclic) bond motifs is 3. The molecule has 1 saturated heterocycles. The van der Waals surface area contributed by atoms with Gasteiger partial charge in [-0.15, -0.1) is 0 Å². The molecule has 4 atom stereocenters.